The van der Waals surface area contributed by atoms with Gasteiger partial charge in [0, 0.05) is 44.2 Å². The molecule has 1 aliphatic heterocycles. The van der Waals surface area contributed by atoms with E-state index in [2.05, 4.69) is 4.90 Å². The molecule has 2 aromatic carbocycles. The Bertz CT molecular complexity index is 971. The van der Waals surface area contributed by atoms with Gasteiger partial charge in [0.05, 0.1) is 12.2 Å². The molecule has 33 heavy (non-hydrogen) atoms. The highest BCUT2D eigenvalue weighted by Gasteiger charge is 2.33. The van der Waals surface area contributed by atoms with Gasteiger partial charge in [0.2, 0.25) is 5.91 Å². The first-order chi connectivity index (χ1) is 15.7. The molecule has 0 saturated carbocycles. The molecule has 1 fully saturated rings. The lowest BCUT2D eigenvalue weighted by Crippen LogP contribution is -2.51. The maximum absolute atomic E-state index is 13.3. The van der Waals surface area contributed by atoms with E-state index < -0.39 is 23.0 Å². The molecule has 178 valence electrons. The molecule has 1 amide bonds. The third-order valence-electron chi connectivity index (χ3n) is 5.95. The van der Waals surface area contributed by atoms with E-state index in [1.165, 1.54) is 6.07 Å². The van der Waals surface area contributed by atoms with E-state index in [4.69, 9.17) is 9.84 Å². The van der Waals surface area contributed by atoms with E-state index >= 15 is 0 Å². The summed E-state index contributed by atoms with van der Waals surface area (Å²) in [6.07, 6.45) is 1.23. The fourth-order valence-corrected chi connectivity index (χ4v) is 3.93. The molecule has 0 aromatic heterocycles. The van der Waals surface area contributed by atoms with Gasteiger partial charge in [-0.05, 0) is 42.7 Å². The first-order valence-electron chi connectivity index (χ1n) is 11.1. The Morgan fingerprint density at radius 3 is 2.27 bits per heavy atom. The minimum absolute atomic E-state index is 0.0980. The number of rotatable bonds is 9. The number of hydrogen-bond acceptors (Lipinski definition) is 4. The Kier molecular flexibility index (Phi) is 8.02. The van der Waals surface area contributed by atoms with Crippen LogP contribution in [0.25, 0.3) is 0 Å². The highest BCUT2D eigenvalue weighted by atomic mass is 19.2. The first kappa shape index (κ1) is 24.6. The quantitative estimate of drug-likeness (QED) is 0.568. The van der Waals surface area contributed by atoms with Crippen LogP contribution in [0.5, 0.6) is 5.75 Å². The second-order valence-electron chi connectivity index (χ2n) is 8.98. The molecule has 8 heteroatoms. The SMILES string of the molecule is CC(C)(CCCOc1ccc(F)c(F)c1)C(=O)N1CCN(Cc2ccc(C(=O)O)cc2)CC1. The lowest BCUT2D eigenvalue weighted by atomic mass is 9.86. The van der Waals surface area contributed by atoms with Crippen molar-refractivity contribution in [2.24, 2.45) is 5.41 Å². The van der Waals surface area contributed by atoms with Gasteiger partial charge in [0.15, 0.2) is 11.6 Å². The summed E-state index contributed by atoms with van der Waals surface area (Å²) in [4.78, 5) is 28.2. The maximum Gasteiger partial charge on any atom is 0.335 e. The second-order valence-corrected chi connectivity index (χ2v) is 8.98. The highest BCUT2D eigenvalue weighted by Crippen LogP contribution is 2.27. The number of aromatic carboxylic acids is 1. The van der Waals surface area contributed by atoms with Crippen molar-refractivity contribution in [3.63, 3.8) is 0 Å². The number of benzene rings is 2. The predicted octanol–water partition coefficient (Wildman–Crippen LogP) is 4.19. The van der Waals surface area contributed by atoms with Crippen LogP contribution in [-0.4, -0.2) is 59.6 Å². The molecule has 1 saturated heterocycles. The van der Waals surface area contributed by atoms with Gasteiger partial charge in [-0.15, -0.1) is 0 Å². The zero-order valence-corrected chi connectivity index (χ0v) is 19.0. The summed E-state index contributed by atoms with van der Waals surface area (Å²) in [6, 6.07) is 10.3. The summed E-state index contributed by atoms with van der Waals surface area (Å²) in [5.41, 5.74) is 0.763. The summed E-state index contributed by atoms with van der Waals surface area (Å²) in [5.74, 6) is -2.43. The number of carbonyl (C=O) groups excluding carboxylic acids is 1. The number of piperazine rings is 1. The van der Waals surface area contributed by atoms with E-state index in [-0.39, 0.29) is 17.2 Å². The van der Waals surface area contributed by atoms with Crippen molar-refractivity contribution in [3.05, 3.63) is 65.2 Å². The van der Waals surface area contributed by atoms with Crippen LogP contribution in [0.2, 0.25) is 0 Å². The summed E-state index contributed by atoms with van der Waals surface area (Å²) < 4.78 is 31.7. The van der Waals surface area contributed by atoms with Crippen LogP contribution in [0.3, 0.4) is 0 Å². The van der Waals surface area contributed by atoms with Crippen molar-refractivity contribution in [1.82, 2.24) is 9.80 Å². The van der Waals surface area contributed by atoms with Crippen LogP contribution in [0.4, 0.5) is 8.78 Å². The van der Waals surface area contributed by atoms with Gasteiger partial charge in [0.1, 0.15) is 5.75 Å². The standard InChI is InChI=1S/C25H30F2N2O4/c1-25(2,10-3-15-33-20-8-9-21(26)22(27)16-20)24(32)29-13-11-28(12-14-29)17-18-4-6-19(7-5-18)23(30)31/h4-9,16H,3,10-15,17H2,1-2H3,(H,30,31). The predicted molar refractivity (Wildman–Crippen MR) is 120 cm³/mol. The van der Waals surface area contributed by atoms with Crippen molar-refractivity contribution in [1.29, 1.82) is 0 Å². The van der Waals surface area contributed by atoms with Crippen LogP contribution in [-0.2, 0) is 11.3 Å². The third-order valence-corrected chi connectivity index (χ3v) is 5.95. The molecule has 0 radical (unpaired) electrons. The smallest absolute Gasteiger partial charge is 0.335 e. The van der Waals surface area contributed by atoms with Gasteiger partial charge in [-0.3, -0.25) is 9.69 Å². The first-order valence-corrected chi connectivity index (χ1v) is 11.1. The fraction of sp³-hybridized carbons (Fsp3) is 0.440. The van der Waals surface area contributed by atoms with Gasteiger partial charge in [-0.25, -0.2) is 13.6 Å². The van der Waals surface area contributed by atoms with Crippen molar-refractivity contribution in [2.45, 2.75) is 33.2 Å². The van der Waals surface area contributed by atoms with Gasteiger partial charge >= 0.3 is 5.97 Å². The normalized spacial score (nSPS) is 14.8. The average Bonchev–Trinajstić information content (AvgIpc) is 2.79. The topological polar surface area (TPSA) is 70.1 Å². The maximum atomic E-state index is 13.3. The molecule has 1 heterocycles. The number of amides is 1. The minimum Gasteiger partial charge on any atom is -0.493 e. The zero-order valence-electron chi connectivity index (χ0n) is 19.0. The summed E-state index contributed by atoms with van der Waals surface area (Å²) >= 11 is 0. The molecule has 0 aliphatic carbocycles. The zero-order chi connectivity index (χ0) is 24.0. The summed E-state index contributed by atoms with van der Waals surface area (Å²) in [5, 5.41) is 9.00. The number of halogens is 2. The van der Waals surface area contributed by atoms with Crippen molar-refractivity contribution in [2.75, 3.05) is 32.8 Å². The molecule has 6 nitrogen and oxygen atoms in total. The Balaban J connectivity index is 1.41. The molecule has 3 rings (SSSR count). The summed E-state index contributed by atoms with van der Waals surface area (Å²) in [7, 11) is 0. The lowest BCUT2D eigenvalue weighted by molar-refractivity contribution is -0.142. The number of carbonyl (C=O) groups is 2. The molecular formula is C25H30F2N2O4. The monoisotopic (exact) mass is 460 g/mol. The number of hydrogen-bond donors (Lipinski definition) is 1. The molecule has 1 aliphatic rings. The van der Waals surface area contributed by atoms with E-state index in [9.17, 15) is 18.4 Å². The largest absolute Gasteiger partial charge is 0.493 e. The minimum atomic E-state index is -0.945. The van der Waals surface area contributed by atoms with Crippen LogP contribution in [0.15, 0.2) is 42.5 Å². The molecule has 1 N–H and O–H groups in total. The van der Waals surface area contributed by atoms with E-state index in [0.29, 0.717) is 39.1 Å². The van der Waals surface area contributed by atoms with Gasteiger partial charge < -0.3 is 14.7 Å². The Labute approximate surface area is 192 Å². The van der Waals surface area contributed by atoms with E-state index in [0.717, 1.165) is 30.8 Å². The van der Waals surface area contributed by atoms with E-state index in [1.54, 1.807) is 12.1 Å². The Hall–Kier alpha value is -3.00. The van der Waals surface area contributed by atoms with Gasteiger partial charge in [0.25, 0.3) is 0 Å². The highest BCUT2D eigenvalue weighted by molar-refractivity contribution is 5.87. The Morgan fingerprint density at radius 1 is 1.00 bits per heavy atom. The molecule has 0 unspecified atom stereocenters. The fourth-order valence-electron chi connectivity index (χ4n) is 3.93. The molecule has 0 bridgehead atoms. The van der Waals surface area contributed by atoms with Gasteiger partial charge in [-0.1, -0.05) is 26.0 Å². The Morgan fingerprint density at radius 2 is 1.67 bits per heavy atom. The molecule has 0 spiro atoms. The number of carboxylic acids is 1. The molecule has 0 atom stereocenters. The summed E-state index contributed by atoms with van der Waals surface area (Å²) in [6.45, 7) is 7.65. The lowest BCUT2D eigenvalue weighted by Gasteiger charge is -2.38. The molecular weight excluding hydrogens is 430 g/mol. The number of ether oxygens (including phenoxy) is 1. The van der Waals surface area contributed by atoms with Crippen molar-refractivity contribution >= 4 is 11.9 Å². The van der Waals surface area contributed by atoms with Crippen molar-refractivity contribution < 1.29 is 28.2 Å². The number of carboxylic acid groups (broad SMARTS) is 1. The van der Waals surface area contributed by atoms with Crippen LogP contribution in [0.1, 0.15) is 42.6 Å². The molecule has 2 aromatic rings. The van der Waals surface area contributed by atoms with E-state index in [1.807, 2.05) is 30.9 Å². The van der Waals surface area contributed by atoms with Gasteiger partial charge in [-0.2, -0.15) is 0 Å². The third kappa shape index (κ3) is 6.74. The van der Waals surface area contributed by atoms with Crippen molar-refractivity contribution in [3.8, 4) is 5.75 Å². The van der Waals surface area contributed by atoms with Crippen LogP contribution in [0, 0.1) is 17.0 Å². The number of nitrogens with zero attached hydrogens (tertiary/aromatic N) is 2. The van der Waals surface area contributed by atoms with Crippen LogP contribution >= 0.6 is 0 Å². The average molecular weight is 461 g/mol. The second kappa shape index (κ2) is 10.7. The van der Waals surface area contributed by atoms with Crippen LogP contribution < -0.4 is 4.74 Å².